The molecular weight excluding hydrogens is 360 g/mol. The van der Waals surface area contributed by atoms with E-state index in [-0.39, 0.29) is 12.6 Å². The molecule has 0 aliphatic heterocycles. The molecule has 2 atom stereocenters. The van der Waals surface area contributed by atoms with Crippen molar-refractivity contribution in [3.8, 4) is 16.9 Å². The van der Waals surface area contributed by atoms with Gasteiger partial charge < -0.3 is 20.1 Å². The highest BCUT2D eigenvalue weighted by Crippen LogP contribution is 2.22. The summed E-state index contributed by atoms with van der Waals surface area (Å²) in [6, 6.07) is 28.9. The molecule has 0 aromatic heterocycles. The average molecular weight is 391 g/mol. The van der Waals surface area contributed by atoms with Crippen LogP contribution in [0.3, 0.4) is 0 Å². The largest absolute Gasteiger partial charge is 0.491 e. The lowest BCUT2D eigenvalue weighted by atomic mass is 10.1. The molecule has 0 aliphatic rings. The van der Waals surface area contributed by atoms with Crippen molar-refractivity contribution in [3.05, 3.63) is 90.5 Å². The lowest BCUT2D eigenvalue weighted by molar-refractivity contribution is 0.104. The van der Waals surface area contributed by atoms with E-state index in [0.29, 0.717) is 6.54 Å². The molecule has 3 aromatic carbocycles. The third-order valence-electron chi connectivity index (χ3n) is 4.93. The topological polar surface area (TPSA) is 44.7 Å². The molecule has 3 aromatic rings. The van der Waals surface area contributed by atoms with Gasteiger partial charge in [-0.05, 0) is 42.9 Å². The van der Waals surface area contributed by atoms with Gasteiger partial charge in [-0.25, -0.2) is 0 Å². The van der Waals surface area contributed by atoms with Crippen LogP contribution in [0.25, 0.3) is 11.1 Å². The standard InChI is InChI=1S/C25H30N2O2/c1-27(2)25(22-11-7-4-8-12-22)18-26-17-23(28)19-29-24-15-13-21(14-16-24)20-9-5-3-6-10-20/h3-16,23,25-26,28H,17-19H2,1-2H3/t23-,25+/m1/s1. The van der Waals surface area contributed by atoms with Crippen LogP contribution in [-0.4, -0.2) is 49.9 Å². The SMILES string of the molecule is CN(C)[C@@H](CNC[C@@H](O)COc1ccc(-c2ccccc2)cc1)c1ccccc1. The van der Waals surface area contributed by atoms with E-state index < -0.39 is 6.10 Å². The van der Waals surface area contributed by atoms with E-state index in [1.165, 1.54) is 11.1 Å². The Hall–Kier alpha value is -2.66. The maximum Gasteiger partial charge on any atom is 0.119 e. The third-order valence-corrected chi connectivity index (χ3v) is 4.93. The Bertz CT molecular complexity index is 836. The predicted molar refractivity (Wildman–Crippen MR) is 119 cm³/mol. The number of nitrogens with zero attached hydrogens (tertiary/aromatic N) is 1. The van der Waals surface area contributed by atoms with E-state index >= 15 is 0 Å². The molecule has 3 rings (SSSR count). The Kier molecular flexibility index (Phi) is 7.82. The molecule has 0 saturated heterocycles. The molecular formula is C25H30N2O2. The molecule has 0 aliphatic carbocycles. The van der Waals surface area contributed by atoms with Crippen LogP contribution in [0.1, 0.15) is 11.6 Å². The number of aliphatic hydroxyl groups excluding tert-OH is 1. The van der Waals surface area contributed by atoms with Crippen LogP contribution in [0.5, 0.6) is 5.75 Å². The fourth-order valence-electron chi connectivity index (χ4n) is 3.29. The molecule has 4 heteroatoms. The van der Waals surface area contributed by atoms with Gasteiger partial charge in [-0.2, -0.15) is 0 Å². The van der Waals surface area contributed by atoms with Crippen LogP contribution >= 0.6 is 0 Å². The summed E-state index contributed by atoms with van der Waals surface area (Å²) in [4.78, 5) is 2.18. The van der Waals surface area contributed by atoms with Gasteiger partial charge >= 0.3 is 0 Å². The number of benzene rings is 3. The first-order valence-electron chi connectivity index (χ1n) is 10.0. The number of hydrogen-bond acceptors (Lipinski definition) is 4. The van der Waals surface area contributed by atoms with Crippen molar-refractivity contribution in [2.45, 2.75) is 12.1 Å². The van der Waals surface area contributed by atoms with Gasteiger partial charge in [0.05, 0.1) is 0 Å². The van der Waals surface area contributed by atoms with E-state index in [1.54, 1.807) is 0 Å². The quantitative estimate of drug-likeness (QED) is 0.550. The van der Waals surface area contributed by atoms with Crippen LogP contribution in [-0.2, 0) is 0 Å². The van der Waals surface area contributed by atoms with Gasteiger partial charge in [0.25, 0.3) is 0 Å². The van der Waals surface area contributed by atoms with Crippen LogP contribution < -0.4 is 10.1 Å². The number of rotatable bonds is 10. The van der Waals surface area contributed by atoms with Crippen molar-refractivity contribution < 1.29 is 9.84 Å². The average Bonchev–Trinajstić information content (AvgIpc) is 2.76. The first kappa shape index (κ1) is 21.1. The Morgan fingerprint density at radius 1 is 0.793 bits per heavy atom. The second-order valence-corrected chi connectivity index (χ2v) is 7.40. The van der Waals surface area contributed by atoms with Crippen LogP contribution in [0.4, 0.5) is 0 Å². The highest BCUT2D eigenvalue weighted by atomic mass is 16.5. The van der Waals surface area contributed by atoms with Crippen LogP contribution in [0.2, 0.25) is 0 Å². The van der Waals surface area contributed by atoms with Crippen molar-refractivity contribution in [3.63, 3.8) is 0 Å². The summed E-state index contributed by atoms with van der Waals surface area (Å²) >= 11 is 0. The van der Waals surface area contributed by atoms with Gasteiger partial charge in [0, 0.05) is 19.1 Å². The number of aliphatic hydroxyl groups is 1. The zero-order chi connectivity index (χ0) is 20.5. The number of hydrogen-bond donors (Lipinski definition) is 2. The van der Waals surface area contributed by atoms with Crippen molar-refractivity contribution >= 4 is 0 Å². The fraction of sp³-hybridized carbons (Fsp3) is 0.280. The number of likely N-dealkylation sites (N-methyl/N-ethyl adjacent to an activating group) is 1. The molecule has 0 bridgehead atoms. The Balaban J connectivity index is 1.43. The van der Waals surface area contributed by atoms with Crippen LogP contribution in [0, 0.1) is 0 Å². The lowest BCUT2D eigenvalue weighted by Gasteiger charge is -2.25. The first-order valence-corrected chi connectivity index (χ1v) is 10.0. The smallest absolute Gasteiger partial charge is 0.119 e. The molecule has 0 amide bonds. The zero-order valence-corrected chi connectivity index (χ0v) is 17.2. The van der Waals surface area contributed by atoms with Crippen LogP contribution in [0.15, 0.2) is 84.9 Å². The van der Waals surface area contributed by atoms with Crippen molar-refractivity contribution in [1.82, 2.24) is 10.2 Å². The minimum Gasteiger partial charge on any atom is -0.491 e. The minimum atomic E-state index is -0.567. The second kappa shape index (κ2) is 10.8. The van der Waals surface area contributed by atoms with Gasteiger partial charge in [-0.15, -0.1) is 0 Å². The molecule has 0 unspecified atom stereocenters. The van der Waals surface area contributed by atoms with Crippen molar-refractivity contribution in [2.75, 3.05) is 33.8 Å². The molecule has 0 saturated carbocycles. The van der Waals surface area contributed by atoms with Gasteiger partial charge in [0.1, 0.15) is 18.5 Å². The third kappa shape index (κ3) is 6.43. The second-order valence-electron chi connectivity index (χ2n) is 7.40. The molecule has 0 heterocycles. The molecule has 29 heavy (non-hydrogen) atoms. The van der Waals surface area contributed by atoms with Gasteiger partial charge in [0.15, 0.2) is 0 Å². The first-order chi connectivity index (χ1) is 14.1. The summed E-state index contributed by atoms with van der Waals surface area (Å²) in [6.45, 7) is 1.51. The molecule has 152 valence electrons. The van der Waals surface area contributed by atoms with E-state index in [4.69, 9.17) is 4.74 Å². The predicted octanol–water partition coefficient (Wildman–Crippen LogP) is 3.99. The molecule has 0 fully saturated rings. The fourth-order valence-corrected chi connectivity index (χ4v) is 3.29. The van der Waals surface area contributed by atoms with Gasteiger partial charge in [0.2, 0.25) is 0 Å². The lowest BCUT2D eigenvalue weighted by Crippen LogP contribution is -2.37. The zero-order valence-electron chi connectivity index (χ0n) is 17.2. The van der Waals surface area contributed by atoms with Crippen molar-refractivity contribution in [1.29, 1.82) is 0 Å². The summed E-state index contributed by atoms with van der Waals surface area (Å²) in [6.07, 6.45) is -0.567. The Morgan fingerprint density at radius 2 is 1.38 bits per heavy atom. The van der Waals surface area contributed by atoms with E-state index in [9.17, 15) is 5.11 Å². The summed E-state index contributed by atoms with van der Waals surface area (Å²) in [5.74, 6) is 0.763. The summed E-state index contributed by atoms with van der Waals surface area (Å²) < 4.78 is 5.75. The van der Waals surface area contributed by atoms with Gasteiger partial charge in [-0.3, -0.25) is 0 Å². The summed E-state index contributed by atoms with van der Waals surface area (Å²) in [5, 5.41) is 13.6. The molecule has 4 nitrogen and oxygen atoms in total. The molecule has 0 spiro atoms. The number of ether oxygens (including phenoxy) is 1. The van der Waals surface area contributed by atoms with E-state index in [1.807, 2.05) is 48.5 Å². The summed E-state index contributed by atoms with van der Waals surface area (Å²) in [7, 11) is 4.13. The molecule has 0 radical (unpaired) electrons. The number of nitrogens with one attached hydrogen (secondary N) is 1. The minimum absolute atomic E-state index is 0.259. The summed E-state index contributed by atoms with van der Waals surface area (Å²) in [5.41, 5.74) is 3.59. The maximum absolute atomic E-state index is 10.3. The van der Waals surface area contributed by atoms with Crippen molar-refractivity contribution in [2.24, 2.45) is 0 Å². The normalized spacial score (nSPS) is 13.2. The Labute approximate surface area is 173 Å². The highest BCUT2D eigenvalue weighted by Gasteiger charge is 2.14. The maximum atomic E-state index is 10.3. The monoisotopic (exact) mass is 390 g/mol. The van der Waals surface area contributed by atoms with E-state index in [0.717, 1.165) is 17.9 Å². The van der Waals surface area contributed by atoms with Gasteiger partial charge in [-0.1, -0.05) is 72.8 Å². The Morgan fingerprint density at radius 3 is 2.00 bits per heavy atom. The molecule has 2 N–H and O–H groups in total. The highest BCUT2D eigenvalue weighted by molar-refractivity contribution is 5.63. The van der Waals surface area contributed by atoms with E-state index in [2.05, 4.69) is 60.7 Å².